The molecule has 19 heavy (non-hydrogen) atoms. The van der Waals surface area contributed by atoms with Gasteiger partial charge in [0.25, 0.3) is 0 Å². The zero-order valence-corrected chi connectivity index (χ0v) is 11.0. The first-order chi connectivity index (χ1) is 9.25. The maximum absolute atomic E-state index is 12.6. The van der Waals surface area contributed by atoms with Crippen molar-refractivity contribution in [1.82, 2.24) is 0 Å². The molecule has 3 rings (SSSR count). The number of anilines is 2. The van der Waals surface area contributed by atoms with E-state index < -0.39 is 0 Å². The number of benzene rings is 1. The maximum Gasteiger partial charge on any atom is 0.232 e. The Labute approximate surface area is 112 Å². The fourth-order valence-corrected chi connectivity index (χ4v) is 2.73. The third-order valence-corrected chi connectivity index (χ3v) is 4.03. The molecule has 0 atom stereocenters. The molecule has 0 saturated carbocycles. The molecule has 2 heterocycles. The van der Waals surface area contributed by atoms with Crippen LogP contribution in [0.5, 0.6) is 5.75 Å². The molecule has 1 aromatic carbocycles. The summed E-state index contributed by atoms with van der Waals surface area (Å²) in [5, 5.41) is 6.39. The molecule has 2 aliphatic heterocycles. The predicted octanol–water partition coefficient (Wildman–Crippen LogP) is 1.86. The highest BCUT2D eigenvalue weighted by molar-refractivity contribution is 6.01. The van der Waals surface area contributed by atoms with E-state index in [1.807, 2.05) is 18.2 Å². The van der Waals surface area contributed by atoms with Gasteiger partial charge in [-0.15, -0.1) is 0 Å². The van der Waals surface area contributed by atoms with Crippen LogP contribution in [-0.4, -0.2) is 32.8 Å². The summed E-state index contributed by atoms with van der Waals surface area (Å²) in [6.07, 6.45) is 1.50. The Bertz CT molecular complexity index is 495. The van der Waals surface area contributed by atoms with Gasteiger partial charge in [-0.1, -0.05) is 6.07 Å². The highest BCUT2D eigenvalue weighted by Crippen LogP contribution is 2.40. The molecule has 1 amide bonds. The van der Waals surface area contributed by atoms with Crippen LogP contribution in [0.2, 0.25) is 0 Å². The highest BCUT2D eigenvalue weighted by Gasteiger charge is 2.42. The first-order valence-corrected chi connectivity index (χ1v) is 6.55. The number of carbonyl (C=O) groups is 1. The van der Waals surface area contributed by atoms with E-state index in [1.165, 1.54) is 0 Å². The van der Waals surface area contributed by atoms with E-state index in [9.17, 15) is 4.79 Å². The number of hydrogen-bond donors (Lipinski definition) is 2. The second kappa shape index (κ2) is 4.74. The topological polar surface area (TPSA) is 59.6 Å². The monoisotopic (exact) mass is 262 g/mol. The van der Waals surface area contributed by atoms with Crippen molar-refractivity contribution in [3.63, 3.8) is 0 Å². The van der Waals surface area contributed by atoms with Gasteiger partial charge in [-0.2, -0.15) is 0 Å². The maximum atomic E-state index is 12.6. The molecule has 1 spiro atoms. The van der Waals surface area contributed by atoms with Crippen LogP contribution in [0.15, 0.2) is 18.2 Å². The number of hydrogen-bond acceptors (Lipinski definition) is 4. The standard InChI is InChI=1S/C14H18N2O3/c1-18-11-4-2-3-10-12(11)16-13(17)14(9-15-10)5-7-19-8-6-14/h2-4,15H,5-9H2,1H3,(H,16,17). The van der Waals surface area contributed by atoms with Gasteiger partial charge in [-0.05, 0) is 25.0 Å². The van der Waals surface area contributed by atoms with Crippen molar-refractivity contribution >= 4 is 17.3 Å². The van der Waals surface area contributed by atoms with Crippen molar-refractivity contribution in [2.45, 2.75) is 12.8 Å². The minimum Gasteiger partial charge on any atom is -0.494 e. The van der Waals surface area contributed by atoms with E-state index >= 15 is 0 Å². The number of para-hydroxylation sites is 1. The van der Waals surface area contributed by atoms with E-state index in [0.29, 0.717) is 25.5 Å². The van der Waals surface area contributed by atoms with Gasteiger partial charge in [-0.3, -0.25) is 4.79 Å². The quantitative estimate of drug-likeness (QED) is 0.811. The minimum absolute atomic E-state index is 0.0616. The first kappa shape index (κ1) is 12.3. The number of ether oxygens (including phenoxy) is 2. The van der Waals surface area contributed by atoms with Gasteiger partial charge in [-0.25, -0.2) is 0 Å². The second-order valence-electron chi connectivity index (χ2n) is 5.08. The van der Waals surface area contributed by atoms with E-state index in [4.69, 9.17) is 9.47 Å². The highest BCUT2D eigenvalue weighted by atomic mass is 16.5. The number of methoxy groups -OCH3 is 1. The summed E-state index contributed by atoms with van der Waals surface area (Å²) in [7, 11) is 1.61. The largest absolute Gasteiger partial charge is 0.494 e. The van der Waals surface area contributed by atoms with Crippen LogP contribution in [0.1, 0.15) is 12.8 Å². The lowest BCUT2D eigenvalue weighted by molar-refractivity contribution is -0.129. The van der Waals surface area contributed by atoms with E-state index in [0.717, 1.165) is 24.2 Å². The Morgan fingerprint density at radius 1 is 1.32 bits per heavy atom. The molecule has 1 aromatic rings. The van der Waals surface area contributed by atoms with Gasteiger partial charge in [0.2, 0.25) is 5.91 Å². The van der Waals surface area contributed by atoms with Crippen LogP contribution in [0, 0.1) is 5.41 Å². The van der Waals surface area contributed by atoms with Crippen LogP contribution in [-0.2, 0) is 9.53 Å². The number of amides is 1. The van der Waals surface area contributed by atoms with Crippen molar-refractivity contribution in [3.05, 3.63) is 18.2 Å². The summed E-state index contributed by atoms with van der Waals surface area (Å²) in [5.74, 6) is 0.744. The van der Waals surface area contributed by atoms with Gasteiger partial charge in [0.15, 0.2) is 0 Å². The summed E-state index contributed by atoms with van der Waals surface area (Å²) in [6.45, 7) is 1.92. The van der Waals surface area contributed by atoms with Gasteiger partial charge in [0, 0.05) is 19.8 Å². The Morgan fingerprint density at radius 3 is 2.84 bits per heavy atom. The molecule has 0 radical (unpaired) electrons. The normalized spacial score (nSPS) is 21.0. The average molecular weight is 262 g/mol. The number of carbonyl (C=O) groups excluding carboxylic acids is 1. The minimum atomic E-state index is -0.373. The smallest absolute Gasteiger partial charge is 0.232 e. The molecule has 5 heteroatoms. The van der Waals surface area contributed by atoms with Crippen LogP contribution in [0.4, 0.5) is 11.4 Å². The number of fused-ring (bicyclic) bond motifs is 1. The SMILES string of the molecule is COc1cccc2c1NC(=O)C1(CCOCC1)CN2. The zero-order chi connectivity index (χ0) is 13.3. The molecular formula is C14H18N2O3. The van der Waals surface area contributed by atoms with Crippen LogP contribution >= 0.6 is 0 Å². The molecule has 102 valence electrons. The second-order valence-corrected chi connectivity index (χ2v) is 5.08. The predicted molar refractivity (Wildman–Crippen MR) is 72.6 cm³/mol. The lowest BCUT2D eigenvalue weighted by Crippen LogP contribution is -2.44. The van der Waals surface area contributed by atoms with Gasteiger partial charge in [0.05, 0.1) is 18.2 Å². The first-order valence-electron chi connectivity index (χ1n) is 6.55. The molecule has 1 saturated heterocycles. The lowest BCUT2D eigenvalue weighted by atomic mass is 9.79. The van der Waals surface area contributed by atoms with Gasteiger partial charge >= 0.3 is 0 Å². The summed E-state index contributed by atoms with van der Waals surface area (Å²) in [5.41, 5.74) is 1.27. The number of nitrogens with one attached hydrogen (secondary N) is 2. The Balaban J connectivity index is 1.95. The summed E-state index contributed by atoms with van der Waals surface area (Å²) >= 11 is 0. The molecule has 0 aliphatic carbocycles. The molecule has 0 aromatic heterocycles. The zero-order valence-electron chi connectivity index (χ0n) is 11.0. The van der Waals surface area contributed by atoms with Gasteiger partial charge in [0.1, 0.15) is 11.4 Å². The Kier molecular flexibility index (Phi) is 3.06. The van der Waals surface area contributed by atoms with E-state index in [1.54, 1.807) is 7.11 Å². The third kappa shape index (κ3) is 2.04. The fraction of sp³-hybridized carbons (Fsp3) is 0.500. The molecular weight excluding hydrogens is 244 g/mol. The Hall–Kier alpha value is -1.75. The average Bonchev–Trinajstić information content (AvgIpc) is 2.58. The molecule has 0 bridgehead atoms. The molecule has 5 nitrogen and oxygen atoms in total. The molecule has 0 unspecified atom stereocenters. The van der Waals surface area contributed by atoms with Gasteiger partial charge < -0.3 is 20.1 Å². The molecule has 1 fully saturated rings. The third-order valence-electron chi connectivity index (χ3n) is 4.03. The van der Waals surface area contributed by atoms with Crippen LogP contribution in [0.25, 0.3) is 0 Å². The van der Waals surface area contributed by atoms with E-state index in [2.05, 4.69) is 10.6 Å². The summed E-state index contributed by atoms with van der Waals surface area (Å²) < 4.78 is 10.7. The molecule has 2 N–H and O–H groups in total. The number of rotatable bonds is 1. The molecule has 2 aliphatic rings. The Morgan fingerprint density at radius 2 is 2.11 bits per heavy atom. The van der Waals surface area contributed by atoms with Crippen molar-refractivity contribution in [2.24, 2.45) is 5.41 Å². The summed E-state index contributed by atoms with van der Waals surface area (Å²) in [6, 6.07) is 5.72. The lowest BCUT2D eigenvalue weighted by Gasteiger charge is -2.34. The summed E-state index contributed by atoms with van der Waals surface area (Å²) in [4.78, 5) is 12.6. The fourth-order valence-electron chi connectivity index (χ4n) is 2.73. The van der Waals surface area contributed by atoms with Crippen molar-refractivity contribution in [2.75, 3.05) is 37.5 Å². The van der Waals surface area contributed by atoms with Crippen molar-refractivity contribution in [1.29, 1.82) is 0 Å². The van der Waals surface area contributed by atoms with Crippen molar-refractivity contribution < 1.29 is 14.3 Å². The van der Waals surface area contributed by atoms with Crippen molar-refractivity contribution in [3.8, 4) is 5.75 Å². The van der Waals surface area contributed by atoms with Crippen LogP contribution in [0.3, 0.4) is 0 Å². The van der Waals surface area contributed by atoms with Crippen LogP contribution < -0.4 is 15.4 Å². The van der Waals surface area contributed by atoms with E-state index in [-0.39, 0.29) is 11.3 Å².